The molecule has 148 valence electrons. The van der Waals surface area contributed by atoms with Crippen LogP contribution in [0.2, 0.25) is 5.15 Å². The molecule has 3 aromatic rings. The zero-order valence-electron chi connectivity index (χ0n) is 15.2. The lowest BCUT2D eigenvalue weighted by Gasteiger charge is -2.11. The number of aromatic nitrogens is 1. The third-order valence-corrected chi connectivity index (χ3v) is 5.68. The van der Waals surface area contributed by atoms with E-state index >= 15 is 0 Å². The number of carbonyl (C=O) groups is 1. The average molecular weight is 429 g/mol. The van der Waals surface area contributed by atoms with Gasteiger partial charge in [0.2, 0.25) is 0 Å². The van der Waals surface area contributed by atoms with Crippen molar-refractivity contribution in [3.63, 3.8) is 0 Å². The molecule has 0 aliphatic rings. The van der Waals surface area contributed by atoms with Crippen LogP contribution in [0.4, 0.5) is 5.69 Å². The van der Waals surface area contributed by atoms with E-state index in [0.717, 1.165) is 5.39 Å². The highest BCUT2D eigenvalue weighted by Crippen LogP contribution is 2.26. The Kier molecular flexibility index (Phi) is 6.37. The van der Waals surface area contributed by atoms with Gasteiger partial charge in [-0.25, -0.2) is 13.4 Å². The normalized spacial score (nSPS) is 10.9. The second kappa shape index (κ2) is 8.95. The van der Waals surface area contributed by atoms with E-state index in [9.17, 15) is 13.2 Å². The highest BCUT2D eigenvalue weighted by Gasteiger charge is 2.19. The third-order valence-electron chi connectivity index (χ3n) is 4.04. The molecule has 0 radical (unpaired) electrons. The first-order valence-electron chi connectivity index (χ1n) is 8.74. The van der Waals surface area contributed by atoms with Gasteiger partial charge in [-0.2, -0.15) is 0 Å². The molecule has 6 nitrogen and oxygen atoms in total. The number of unbranched alkanes of at least 4 members (excludes halogenated alkanes) is 1. The lowest BCUT2D eigenvalue weighted by molar-refractivity contribution is -0.137. The molecule has 2 aromatic carbocycles. The second-order valence-electron chi connectivity index (χ2n) is 6.16. The summed E-state index contributed by atoms with van der Waals surface area (Å²) < 4.78 is 28.6. The van der Waals surface area contributed by atoms with Gasteiger partial charge < -0.3 is 5.11 Å². The SMILES string of the molecule is O=C(O)CCCC#Cc1nc(Cl)ccc1NS(=O)(=O)c1cccc2ccccc12. The number of carboxylic acids is 1. The van der Waals surface area contributed by atoms with Crippen molar-refractivity contribution in [1.82, 2.24) is 4.98 Å². The minimum atomic E-state index is -3.90. The molecule has 1 heterocycles. The number of nitrogens with one attached hydrogen (secondary N) is 1. The van der Waals surface area contributed by atoms with E-state index in [1.165, 1.54) is 18.2 Å². The summed E-state index contributed by atoms with van der Waals surface area (Å²) in [5, 5.41) is 10.3. The molecule has 0 atom stereocenters. The second-order valence-corrected chi connectivity index (χ2v) is 8.20. The summed E-state index contributed by atoms with van der Waals surface area (Å²) in [6.45, 7) is 0. The van der Waals surface area contributed by atoms with Crippen molar-refractivity contribution >= 4 is 44.1 Å². The Labute approximate surface area is 173 Å². The quantitative estimate of drug-likeness (QED) is 0.346. The molecule has 8 heteroatoms. The Morgan fingerprint density at radius 1 is 1.10 bits per heavy atom. The van der Waals surface area contributed by atoms with E-state index in [-0.39, 0.29) is 27.9 Å². The van der Waals surface area contributed by atoms with E-state index in [0.29, 0.717) is 18.2 Å². The van der Waals surface area contributed by atoms with Crippen LogP contribution in [0.25, 0.3) is 10.8 Å². The number of hydrogen-bond acceptors (Lipinski definition) is 4. The molecular formula is C21H17ClN2O4S. The number of sulfonamides is 1. The number of hydrogen-bond donors (Lipinski definition) is 2. The lowest BCUT2D eigenvalue weighted by atomic mass is 10.1. The number of benzene rings is 2. The third kappa shape index (κ3) is 5.25. The number of nitrogens with zero attached hydrogens (tertiary/aromatic N) is 1. The van der Waals surface area contributed by atoms with Gasteiger partial charge in [-0.1, -0.05) is 53.9 Å². The van der Waals surface area contributed by atoms with Crippen LogP contribution in [0.5, 0.6) is 0 Å². The Hall–Kier alpha value is -3.08. The Morgan fingerprint density at radius 2 is 1.86 bits per heavy atom. The Bertz CT molecular complexity index is 1220. The first-order valence-corrected chi connectivity index (χ1v) is 10.6. The van der Waals surface area contributed by atoms with Gasteiger partial charge in [0.15, 0.2) is 0 Å². The fraction of sp³-hybridized carbons (Fsp3) is 0.143. The molecule has 0 saturated carbocycles. The maximum absolute atomic E-state index is 13.0. The first-order chi connectivity index (χ1) is 13.9. The lowest BCUT2D eigenvalue weighted by Crippen LogP contribution is -2.14. The van der Waals surface area contributed by atoms with E-state index in [4.69, 9.17) is 16.7 Å². The number of fused-ring (bicyclic) bond motifs is 1. The summed E-state index contributed by atoms with van der Waals surface area (Å²) >= 11 is 5.93. The highest BCUT2D eigenvalue weighted by atomic mass is 35.5. The molecule has 0 saturated heterocycles. The predicted molar refractivity (Wildman–Crippen MR) is 112 cm³/mol. The molecular weight excluding hydrogens is 412 g/mol. The molecule has 0 aliphatic carbocycles. The zero-order valence-corrected chi connectivity index (χ0v) is 16.8. The molecule has 0 unspecified atom stereocenters. The largest absolute Gasteiger partial charge is 0.481 e. The summed E-state index contributed by atoms with van der Waals surface area (Å²) in [5.74, 6) is 4.69. The molecule has 0 aliphatic heterocycles. The highest BCUT2D eigenvalue weighted by molar-refractivity contribution is 7.93. The van der Waals surface area contributed by atoms with Gasteiger partial charge in [0.05, 0.1) is 10.6 Å². The van der Waals surface area contributed by atoms with Gasteiger partial charge >= 0.3 is 5.97 Å². The van der Waals surface area contributed by atoms with Crippen molar-refractivity contribution in [2.75, 3.05) is 4.72 Å². The number of halogens is 1. The maximum Gasteiger partial charge on any atom is 0.303 e. The van der Waals surface area contributed by atoms with Crippen LogP contribution in [0, 0.1) is 11.8 Å². The first kappa shape index (κ1) is 20.6. The van der Waals surface area contributed by atoms with Crippen LogP contribution in [-0.2, 0) is 14.8 Å². The average Bonchev–Trinajstić information content (AvgIpc) is 2.69. The standard InChI is InChI=1S/C21H17ClN2O4S/c22-20-14-13-18(17(23-20)10-2-1-3-12-21(25)26)24-29(27,28)19-11-6-8-15-7-4-5-9-16(15)19/h4-9,11,13-14,24H,1,3,12H2,(H,25,26). The summed E-state index contributed by atoms with van der Waals surface area (Å²) in [4.78, 5) is 14.8. The summed E-state index contributed by atoms with van der Waals surface area (Å²) in [6, 6.07) is 15.2. The van der Waals surface area contributed by atoms with Crippen molar-refractivity contribution in [3.05, 3.63) is 65.4 Å². The maximum atomic E-state index is 13.0. The van der Waals surface area contributed by atoms with E-state index in [2.05, 4.69) is 21.5 Å². The van der Waals surface area contributed by atoms with Crippen LogP contribution >= 0.6 is 11.6 Å². The fourth-order valence-electron chi connectivity index (χ4n) is 2.72. The summed E-state index contributed by atoms with van der Waals surface area (Å²) in [6.07, 6.45) is 0.744. The molecule has 0 spiro atoms. The van der Waals surface area contributed by atoms with E-state index < -0.39 is 16.0 Å². The van der Waals surface area contributed by atoms with Gasteiger partial charge in [-0.15, -0.1) is 0 Å². The molecule has 0 bridgehead atoms. The van der Waals surface area contributed by atoms with Gasteiger partial charge in [0, 0.05) is 18.2 Å². The van der Waals surface area contributed by atoms with Crippen LogP contribution in [0.3, 0.4) is 0 Å². The molecule has 0 fully saturated rings. The zero-order chi connectivity index (χ0) is 20.9. The fourth-order valence-corrected chi connectivity index (χ4v) is 4.16. The Balaban J connectivity index is 1.91. The van der Waals surface area contributed by atoms with Crippen LogP contribution in [-0.4, -0.2) is 24.5 Å². The van der Waals surface area contributed by atoms with Gasteiger partial charge in [-0.05, 0) is 35.9 Å². The predicted octanol–water partition coefficient (Wildman–Crippen LogP) is 4.30. The molecule has 29 heavy (non-hydrogen) atoms. The van der Waals surface area contributed by atoms with Crippen molar-refractivity contribution in [2.24, 2.45) is 0 Å². The van der Waals surface area contributed by atoms with Crippen LogP contribution in [0.1, 0.15) is 25.0 Å². The minimum absolute atomic E-state index is 0.0121. The van der Waals surface area contributed by atoms with Crippen molar-refractivity contribution in [2.45, 2.75) is 24.2 Å². The number of rotatable bonds is 6. The number of carboxylic acid groups (broad SMARTS) is 1. The number of anilines is 1. The summed E-state index contributed by atoms with van der Waals surface area (Å²) in [7, 11) is -3.90. The van der Waals surface area contributed by atoms with Crippen molar-refractivity contribution < 1.29 is 18.3 Å². The number of aliphatic carboxylic acids is 1. The van der Waals surface area contributed by atoms with E-state index in [1.54, 1.807) is 18.2 Å². The van der Waals surface area contributed by atoms with Crippen LogP contribution < -0.4 is 4.72 Å². The monoisotopic (exact) mass is 428 g/mol. The molecule has 0 amide bonds. The van der Waals surface area contributed by atoms with E-state index in [1.807, 2.05) is 18.2 Å². The van der Waals surface area contributed by atoms with Gasteiger partial charge in [-0.3, -0.25) is 9.52 Å². The Morgan fingerprint density at radius 3 is 2.66 bits per heavy atom. The molecule has 3 rings (SSSR count). The smallest absolute Gasteiger partial charge is 0.303 e. The topological polar surface area (TPSA) is 96.4 Å². The minimum Gasteiger partial charge on any atom is -0.481 e. The molecule has 2 N–H and O–H groups in total. The van der Waals surface area contributed by atoms with Gasteiger partial charge in [0.1, 0.15) is 10.8 Å². The van der Waals surface area contributed by atoms with Gasteiger partial charge in [0.25, 0.3) is 10.0 Å². The van der Waals surface area contributed by atoms with Crippen molar-refractivity contribution in [1.29, 1.82) is 0 Å². The summed E-state index contributed by atoms with van der Waals surface area (Å²) in [5.41, 5.74) is 0.379. The van der Waals surface area contributed by atoms with Crippen LogP contribution in [0.15, 0.2) is 59.5 Å². The van der Waals surface area contributed by atoms with Crippen molar-refractivity contribution in [3.8, 4) is 11.8 Å². The molecule has 1 aromatic heterocycles. The number of pyridine rings is 1.